The summed E-state index contributed by atoms with van der Waals surface area (Å²) in [5, 5.41) is 29.3. The fraction of sp³-hybridized carbons (Fsp3) is 0.462. The molecule has 118 valence electrons. The number of ether oxygens (including phenoxy) is 1. The lowest BCUT2D eigenvalue weighted by atomic mass is 10.1. The van der Waals surface area contributed by atoms with Crippen LogP contribution in [0.3, 0.4) is 0 Å². The second kappa shape index (κ2) is 5.52. The van der Waals surface area contributed by atoms with Crippen molar-refractivity contribution in [1.29, 1.82) is 0 Å². The van der Waals surface area contributed by atoms with Crippen LogP contribution in [0.5, 0.6) is 0 Å². The zero-order chi connectivity index (χ0) is 16.0. The van der Waals surface area contributed by atoms with Crippen LogP contribution in [0.4, 0.5) is 0 Å². The predicted molar refractivity (Wildman–Crippen MR) is 78.9 cm³/mol. The van der Waals surface area contributed by atoms with Crippen molar-refractivity contribution in [3.63, 3.8) is 0 Å². The summed E-state index contributed by atoms with van der Waals surface area (Å²) in [5.41, 5.74) is 0.761. The molecule has 0 bridgehead atoms. The fourth-order valence-corrected chi connectivity index (χ4v) is 2.78. The van der Waals surface area contributed by atoms with Crippen LogP contribution < -0.4 is 5.43 Å². The van der Waals surface area contributed by atoms with E-state index in [1.165, 1.54) is 16.8 Å². The van der Waals surface area contributed by atoms with Crippen molar-refractivity contribution in [3.8, 4) is 0 Å². The van der Waals surface area contributed by atoms with Crippen molar-refractivity contribution >= 4 is 23.3 Å². The highest BCUT2D eigenvalue weighted by Crippen LogP contribution is 2.29. The van der Waals surface area contributed by atoms with Crippen LogP contribution in [-0.4, -0.2) is 54.8 Å². The third-order valence-corrected chi connectivity index (χ3v) is 3.97. The van der Waals surface area contributed by atoms with Crippen LogP contribution in [0, 0.1) is 11.7 Å². The molecule has 8 nitrogen and oxygen atoms in total. The number of nitrogens with one attached hydrogen (secondary N) is 1. The third-order valence-electron chi connectivity index (χ3n) is 3.67. The highest BCUT2D eigenvalue weighted by molar-refractivity contribution is 7.71. The number of pyridine rings is 1. The minimum absolute atomic E-state index is 0.0867. The zero-order valence-corrected chi connectivity index (χ0v) is 12.4. The molecular formula is C13H15N3O5S. The lowest BCUT2D eigenvalue weighted by Crippen LogP contribution is -2.33. The molecule has 0 aromatic carbocycles. The van der Waals surface area contributed by atoms with E-state index in [-0.39, 0.29) is 15.6 Å². The Hall–Kier alpha value is -1.65. The Labute approximate surface area is 129 Å². The summed E-state index contributed by atoms with van der Waals surface area (Å²) in [6.45, 7) is 1.29. The highest BCUT2D eigenvalue weighted by Gasteiger charge is 2.43. The van der Waals surface area contributed by atoms with Crippen molar-refractivity contribution in [3.05, 3.63) is 33.0 Å². The largest absolute Gasteiger partial charge is 0.394 e. The van der Waals surface area contributed by atoms with Gasteiger partial charge in [-0.3, -0.25) is 9.36 Å². The Bertz CT molecular complexity index is 833. The smallest absolute Gasteiger partial charge is 0.203 e. The Balaban J connectivity index is 2.14. The SMILES string of the molecule is Cc1cc(=O)c2cn([C@@H]3O[C@H](CO)C(O)[C@@H]3O)c(=S)nc2[nH]1. The maximum Gasteiger partial charge on any atom is 0.203 e. The number of aliphatic hydroxyl groups excluding tert-OH is 3. The molecule has 0 spiro atoms. The molecule has 4 N–H and O–H groups in total. The van der Waals surface area contributed by atoms with Crippen molar-refractivity contribution in [2.24, 2.45) is 0 Å². The number of rotatable bonds is 2. The van der Waals surface area contributed by atoms with E-state index in [0.717, 1.165) is 0 Å². The minimum Gasteiger partial charge on any atom is -0.394 e. The van der Waals surface area contributed by atoms with Gasteiger partial charge in [0.15, 0.2) is 11.7 Å². The minimum atomic E-state index is -1.28. The summed E-state index contributed by atoms with van der Waals surface area (Å²) in [7, 11) is 0. The summed E-state index contributed by atoms with van der Waals surface area (Å²) < 4.78 is 6.81. The van der Waals surface area contributed by atoms with Gasteiger partial charge in [-0.25, -0.2) is 4.98 Å². The van der Waals surface area contributed by atoms with Crippen LogP contribution in [0.1, 0.15) is 11.9 Å². The van der Waals surface area contributed by atoms with Gasteiger partial charge in [0.05, 0.1) is 12.0 Å². The van der Waals surface area contributed by atoms with E-state index < -0.39 is 31.1 Å². The lowest BCUT2D eigenvalue weighted by Gasteiger charge is -2.18. The number of hydrogen-bond donors (Lipinski definition) is 4. The van der Waals surface area contributed by atoms with Crippen LogP contribution in [0.2, 0.25) is 0 Å². The van der Waals surface area contributed by atoms with E-state index in [2.05, 4.69) is 9.97 Å². The Morgan fingerprint density at radius 2 is 2.18 bits per heavy atom. The molecule has 0 aliphatic carbocycles. The van der Waals surface area contributed by atoms with Gasteiger partial charge in [0, 0.05) is 18.0 Å². The first kappa shape index (κ1) is 15.3. The number of fused-ring (bicyclic) bond motifs is 1. The zero-order valence-electron chi connectivity index (χ0n) is 11.6. The molecule has 0 amide bonds. The topological polar surface area (TPSA) is 121 Å². The normalized spacial score (nSPS) is 28.4. The number of H-pyrrole nitrogens is 1. The molecule has 0 saturated carbocycles. The first-order valence-corrected chi connectivity index (χ1v) is 7.08. The maximum absolute atomic E-state index is 12.0. The van der Waals surface area contributed by atoms with Crippen molar-refractivity contribution in [1.82, 2.24) is 14.5 Å². The van der Waals surface area contributed by atoms with Gasteiger partial charge in [0.2, 0.25) is 4.77 Å². The molecule has 1 aliphatic heterocycles. The van der Waals surface area contributed by atoms with E-state index >= 15 is 0 Å². The fourth-order valence-electron chi connectivity index (χ4n) is 2.53. The van der Waals surface area contributed by atoms with Crippen LogP contribution in [0.15, 0.2) is 17.1 Å². The Morgan fingerprint density at radius 3 is 2.82 bits per heavy atom. The quantitative estimate of drug-likeness (QED) is 0.543. The molecule has 1 saturated heterocycles. The monoisotopic (exact) mass is 325 g/mol. The molecule has 2 aromatic heterocycles. The summed E-state index contributed by atoms with van der Waals surface area (Å²) >= 11 is 5.16. The van der Waals surface area contributed by atoms with Gasteiger partial charge in [-0.15, -0.1) is 0 Å². The number of aryl methyl sites for hydroxylation is 1. The van der Waals surface area contributed by atoms with E-state index in [0.29, 0.717) is 11.3 Å². The standard InChI is InChI=1S/C13H15N3O5S/c1-5-2-7(18)6-3-16(13(22)15-11(6)14-5)12-10(20)9(19)8(4-17)21-12/h2-3,8-10,12,17,19-20H,4H2,1H3,(H,14,15,22)/t8-,9?,10+,12-/m1/s1. The lowest BCUT2D eigenvalue weighted by molar-refractivity contribution is -0.0538. The van der Waals surface area contributed by atoms with Gasteiger partial charge < -0.3 is 25.0 Å². The molecule has 0 radical (unpaired) electrons. The average molecular weight is 325 g/mol. The van der Waals surface area contributed by atoms with Gasteiger partial charge >= 0.3 is 0 Å². The molecule has 1 fully saturated rings. The molecule has 3 heterocycles. The van der Waals surface area contributed by atoms with Crippen LogP contribution in [-0.2, 0) is 4.74 Å². The molecule has 1 aliphatic rings. The molecule has 22 heavy (non-hydrogen) atoms. The second-order valence-electron chi connectivity index (χ2n) is 5.24. The molecular weight excluding hydrogens is 310 g/mol. The van der Waals surface area contributed by atoms with Crippen LogP contribution >= 0.6 is 12.2 Å². The second-order valence-corrected chi connectivity index (χ2v) is 5.60. The number of nitrogens with zero attached hydrogens (tertiary/aromatic N) is 2. The summed E-state index contributed by atoms with van der Waals surface area (Å²) in [6.07, 6.45) is -3.04. The van der Waals surface area contributed by atoms with E-state index in [9.17, 15) is 15.0 Å². The van der Waals surface area contributed by atoms with E-state index in [4.69, 9.17) is 22.1 Å². The molecule has 4 atom stereocenters. The van der Waals surface area contributed by atoms with Gasteiger partial charge in [-0.2, -0.15) is 0 Å². The third kappa shape index (κ3) is 2.36. The molecule has 3 rings (SSSR count). The average Bonchev–Trinajstić information content (AvgIpc) is 2.74. The maximum atomic E-state index is 12.0. The number of hydrogen-bond acceptors (Lipinski definition) is 7. The molecule has 9 heteroatoms. The molecule has 2 aromatic rings. The van der Waals surface area contributed by atoms with Gasteiger partial charge in [-0.05, 0) is 19.1 Å². The number of aromatic nitrogens is 3. The van der Waals surface area contributed by atoms with Gasteiger partial charge in [0.25, 0.3) is 0 Å². The number of aromatic amines is 1. The van der Waals surface area contributed by atoms with E-state index in [1.54, 1.807) is 6.92 Å². The number of aliphatic hydroxyl groups is 3. The van der Waals surface area contributed by atoms with Crippen molar-refractivity contribution < 1.29 is 20.1 Å². The van der Waals surface area contributed by atoms with Crippen molar-refractivity contribution in [2.45, 2.75) is 31.5 Å². The first-order valence-electron chi connectivity index (χ1n) is 6.67. The Kier molecular flexibility index (Phi) is 3.83. The van der Waals surface area contributed by atoms with E-state index in [1.807, 2.05) is 0 Å². The summed E-state index contributed by atoms with van der Waals surface area (Å²) in [6, 6.07) is 1.43. The van der Waals surface area contributed by atoms with Crippen LogP contribution in [0.25, 0.3) is 11.0 Å². The highest BCUT2D eigenvalue weighted by atomic mass is 32.1. The van der Waals surface area contributed by atoms with Gasteiger partial charge in [-0.1, -0.05) is 0 Å². The summed E-state index contributed by atoms with van der Waals surface area (Å²) in [4.78, 5) is 19.1. The predicted octanol–water partition coefficient (Wildman–Crippen LogP) is -0.626. The Morgan fingerprint density at radius 1 is 1.45 bits per heavy atom. The summed E-state index contributed by atoms with van der Waals surface area (Å²) in [5.74, 6) is 0. The molecule has 1 unspecified atom stereocenters. The van der Waals surface area contributed by atoms with Gasteiger partial charge in [0.1, 0.15) is 24.0 Å². The first-order chi connectivity index (χ1) is 10.4. The van der Waals surface area contributed by atoms with Crippen molar-refractivity contribution in [2.75, 3.05) is 6.61 Å².